The highest BCUT2D eigenvalue weighted by molar-refractivity contribution is 6.02. The molecule has 0 radical (unpaired) electrons. The van der Waals surface area contributed by atoms with E-state index in [1.807, 2.05) is 41.1 Å². The van der Waals surface area contributed by atoms with Gasteiger partial charge < -0.3 is 15.4 Å². The van der Waals surface area contributed by atoms with Crippen molar-refractivity contribution in [1.29, 1.82) is 0 Å². The van der Waals surface area contributed by atoms with Gasteiger partial charge in [-0.3, -0.25) is 9.59 Å². The van der Waals surface area contributed by atoms with E-state index in [1.54, 1.807) is 37.3 Å². The SMILES string of the molecule is COC(=O)C=Cc1ccc(NC(=O)[C@@H](C)NC(=O)c2ccc3c(C4CCCCC4)n(-c4ccccc4)nc3c2)cc1. The number of methoxy groups -OCH3 is 1. The topological polar surface area (TPSA) is 102 Å². The molecule has 0 spiro atoms. The van der Waals surface area contributed by atoms with Gasteiger partial charge in [0, 0.05) is 28.6 Å². The van der Waals surface area contributed by atoms with Gasteiger partial charge in [-0.1, -0.05) is 55.7 Å². The van der Waals surface area contributed by atoms with E-state index in [0.717, 1.165) is 35.0 Å². The highest BCUT2D eigenvalue weighted by Gasteiger charge is 2.25. The van der Waals surface area contributed by atoms with Crippen molar-refractivity contribution >= 4 is 40.4 Å². The molecule has 0 saturated heterocycles. The van der Waals surface area contributed by atoms with Crippen molar-refractivity contribution in [2.45, 2.75) is 51.0 Å². The van der Waals surface area contributed by atoms with Crippen LogP contribution in [0.2, 0.25) is 0 Å². The molecule has 1 aromatic heterocycles. The number of para-hydroxylation sites is 1. The quantitative estimate of drug-likeness (QED) is 0.206. The minimum absolute atomic E-state index is 0.341. The molecule has 2 N–H and O–H groups in total. The molecular formula is C33H34N4O4. The Morgan fingerprint density at radius 1 is 0.976 bits per heavy atom. The number of aromatic nitrogens is 2. The number of hydrogen-bond acceptors (Lipinski definition) is 5. The van der Waals surface area contributed by atoms with Crippen LogP contribution in [0.4, 0.5) is 5.69 Å². The molecule has 210 valence electrons. The van der Waals surface area contributed by atoms with Gasteiger partial charge in [-0.25, -0.2) is 9.48 Å². The third-order valence-corrected chi connectivity index (χ3v) is 7.50. The van der Waals surface area contributed by atoms with Crippen LogP contribution in [0.3, 0.4) is 0 Å². The van der Waals surface area contributed by atoms with Crippen molar-refractivity contribution < 1.29 is 19.1 Å². The predicted molar refractivity (Wildman–Crippen MR) is 160 cm³/mol. The zero-order valence-electron chi connectivity index (χ0n) is 23.3. The number of esters is 1. The van der Waals surface area contributed by atoms with Crippen LogP contribution in [-0.2, 0) is 14.3 Å². The van der Waals surface area contributed by atoms with E-state index in [-0.39, 0.29) is 11.8 Å². The third-order valence-electron chi connectivity index (χ3n) is 7.50. The maximum absolute atomic E-state index is 13.1. The standard InChI is InChI=1S/C33H34N4O4/c1-22(32(39)35-26-17-13-23(14-18-26)15-20-30(38)41-2)34-33(40)25-16-19-28-29(21-25)36-37(27-11-7-4-8-12-27)31(28)24-9-5-3-6-10-24/h4,7-8,11-22,24H,3,5-6,9-10H2,1-2H3,(H,34,40)(H,35,39)/t22-/m1/s1. The van der Waals surface area contributed by atoms with Crippen molar-refractivity contribution in [2.24, 2.45) is 0 Å². The third kappa shape index (κ3) is 6.54. The number of rotatable bonds is 8. The molecule has 1 aliphatic carbocycles. The fourth-order valence-corrected chi connectivity index (χ4v) is 5.29. The number of carbonyl (C=O) groups excluding carboxylic acids is 3. The van der Waals surface area contributed by atoms with Gasteiger partial charge >= 0.3 is 5.97 Å². The van der Waals surface area contributed by atoms with E-state index in [2.05, 4.69) is 27.5 Å². The van der Waals surface area contributed by atoms with Crippen molar-refractivity contribution in [3.05, 3.63) is 95.7 Å². The largest absolute Gasteiger partial charge is 0.466 e. The summed E-state index contributed by atoms with van der Waals surface area (Å²) in [7, 11) is 1.32. The van der Waals surface area contributed by atoms with Gasteiger partial charge in [-0.2, -0.15) is 5.10 Å². The molecule has 1 aliphatic rings. The second-order valence-electron chi connectivity index (χ2n) is 10.4. The van der Waals surface area contributed by atoms with Gasteiger partial charge in [0.25, 0.3) is 5.91 Å². The predicted octanol–water partition coefficient (Wildman–Crippen LogP) is 6.02. The summed E-state index contributed by atoms with van der Waals surface area (Å²) in [5.74, 6) is -0.702. The summed E-state index contributed by atoms with van der Waals surface area (Å²) in [5, 5.41) is 11.6. The van der Waals surface area contributed by atoms with Gasteiger partial charge in [0.05, 0.1) is 24.0 Å². The number of carbonyl (C=O) groups is 3. The number of benzene rings is 3. The molecule has 8 nitrogen and oxygen atoms in total. The number of fused-ring (bicyclic) bond motifs is 1. The van der Waals surface area contributed by atoms with Gasteiger partial charge in [0.1, 0.15) is 6.04 Å². The Hall–Kier alpha value is -4.72. The lowest BCUT2D eigenvalue weighted by molar-refractivity contribution is -0.134. The second kappa shape index (κ2) is 12.6. The van der Waals surface area contributed by atoms with E-state index in [0.29, 0.717) is 17.2 Å². The Morgan fingerprint density at radius 3 is 2.41 bits per heavy atom. The number of anilines is 1. The molecule has 8 heteroatoms. The summed E-state index contributed by atoms with van der Waals surface area (Å²) in [6.45, 7) is 1.64. The molecule has 1 heterocycles. The van der Waals surface area contributed by atoms with Crippen molar-refractivity contribution in [3.63, 3.8) is 0 Å². The van der Waals surface area contributed by atoms with Crippen molar-refractivity contribution in [1.82, 2.24) is 15.1 Å². The maximum Gasteiger partial charge on any atom is 0.330 e. The zero-order valence-corrected chi connectivity index (χ0v) is 23.3. The molecular weight excluding hydrogens is 516 g/mol. The molecule has 4 aromatic rings. The van der Waals surface area contributed by atoms with Gasteiger partial charge in [-0.05, 0) is 67.8 Å². The molecule has 1 saturated carbocycles. The first-order valence-electron chi connectivity index (χ1n) is 14.0. The van der Waals surface area contributed by atoms with Crippen LogP contribution in [0.15, 0.2) is 78.9 Å². The molecule has 3 aromatic carbocycles. The monoisotopic (exact) mass is 550 g/mol. The lowest BCUT2D eigenvalue weighted by atomic mass is 9.85. The zero-order chi connectivity index (χ0) is 28.8. The van der Waals surface area contributed by atoms with E-state index in [9.17, 15) is 14.4 Å². The Balaban J connectivity index is 1.29. The summed E-state index contributed by atoms with van der Waals surface area (Å²) < 4.78 is 6.62. The van der Waals surface area contributed by atoms with E-state index in [4.69, 9.17) is 5.10 Å². The molecule has 0 aliphatic heterocycles. The summed E-state index contributed by atoms with van der Waals surface area (Å²) in [4.78, 5) is 37.2. The number of ether oxygens (including phenoxy) is 1. The Kier molecular flexibility index (Phi) is 8.58. The second-order valence-corrected chi connectivity index (χ2v) is 10.4. The molecule has 0 unspecified atom stereocenters. The average molecular weight is 551 g/mol. The highest BCUT2D eigenvalue weighted by atomic mass is 16.5. The van der Waals surface area contributed by atoms with Gasteiger partial charge in [-0.15, -0.1) is 0 Å². The van der Waals surface area contributed by atoms with Gasteiger partial charge in [0.2, 0.25) is 5.91 Å². The van der Waals surface area contributed by atoms with Crippen LogP contribution in [0, 0.1) is 0 Å². The summed E-state index contributed by atoms with van der Waals surface area (Å²) >= 11 is 0. The van der Waals surface area contributed by atoms with Crippen LogP contribution < -0.4 is 10.6 Å². The molecule has 41 heavy (non-hydrogen) atoms. The molecule has 1 fully saturated rings. The minimum atomic E-state index is -0.767. The molecule has 5 rings (SSSR count). The van der Waals surface area contributed by atoms with E-state index >= 15 is 0 Å². The van der Waals surface area contributed by atoms with Gasteiger partial charge in [0.15, 0.2) is 0 Å². The number of nitrogens with zero attached hydrogens (tertiary/aromatic N) is 2. The van der Waals surface area contributed by atoms with Crippen LogP contribution in [0.5, 0.6) is 0 Å². The Bertz CT molecular complexity index is 1570. The fourth-order valence-electron chi connectivity index (χ4n) is 5.29. The summed E-state index contributed by atoms with van der Waals surface area (Å²) in [6, 6.07) is 21.9. The molecule has 1 atom stereocenters. The molecule has 2 amide bonds. The van der Waals surface area contributed by atoms with Crippen LogP contribution >= 0.6 is 0 Å². The first-order chi connectivity index (χ1) is 19.9. The molecule has 0 bridgehead atoms. The van der Waals surface area contributed by atoms with Crippen LogP contribution in [-0.4, -0.2) is 40.7 Å². The number of amides is 2. The summed E-state index contributed by atoms with van der Waals surface area (Å²) in [5.41, 5.74) is 4.79. The Morgan fingerprint density at radius 2 is 1.71 bits per heavy atom. The maximum atomic E-state index is 13.1. The smallest absolute Gasteiger partial charge is 0.330 e. The van der Waals surface area contributed by atoms with E-state index in [1.165, 1.54) is 38.1 Å². The minimum Gasteiger partial charge on any atom is -0.466 e. The normalized spacial score (nSPS) is 14.6. The Labute approximate surface area is 239 Å². The van der Waals surface area contributed by atoms with Crippen LogP contribution in [0.25, 0.3) is 22.7 Å². The summed E-state index contributed by atoms with van der Waals surface area (Å²) in [6.07, 6.45) is 8.91. The fraction of sp³-hybridized carbons (Fsp3) is 0.273. The van der Waals surface area contributed by atoms with Crippen LogP contribution in [0.1, 0.15) is 66.6 Å². The number of hydrogen-bond donors (Lipinski definition) is 2. The average Bonchev–Trinajstić information content (AvgIpc) is 3.40. The van der Waals surface area contributed by atoms with Crippen molar-refractivity contribution in [2.75, 3.05) is 12.4 Å². The first kappa shape index (κ1) is 27.8. The lowest BCUT2D eigenvalue weighted by Gasteiger charge is -2.23. The lowest BCUT2D eigenvalue weighted by Crippen LogP contribution is -2.41. The highest BCUT2D eigenvalue weighted by Crippen LogP contribution is 2.38. The van der Waals surface area contributed by atoms with Crippen molar-refractivity contribution in [3.8, 4) is 5.69 Å². The number of nitrogens with one attached hydrogen (secondary N) is 2. The first-order valence-corrected chi connectivity index (χ1v) is 14.0. The van der Waals surface area contributed by atoms with E-state index < -0.39 is 12.0 Å².